The zero-order valence-corrected chi connectivity index (χ0v) is 24.1. The molecular weight excluding hydrogens is 539 g/mol. The first-order chi connectivity index (χ1) is 16.0. The van der Waals surface area contributed by atoms with E-state index in [2.05, 4.69) is 51.5 Å². The van der Waals surface area contributed by atoms with Crippen molar-refractivity contribution < 1.29 is 4.79 Å². The molecule has 0 bridgehead atoms. The fraction of sp³-hybridized carbons (Fsp3) is 0.480. The van der Waals surface area contributed by atoms with Gasteiger partial charge in [0.15, 0.2) is 0 Å². The number of carbonyl (C=O) groups is 1. The molecule has 2 aromatic heterocycles. The minimum Gasteiger partial charge on any atom is -0.353 e. The Morgan fingerprint density at radius 1 is 1.19 bits per heavy atom. The van der Waals surface area contributed by atoms with Gasteiger partial charge in [-0.25, -0.2) is 9.97 Å². The standard InChI is InChI=1S/C25H32N6OS.3ClH/c1-16-14-27-25(26-9-10-31-12-11-30(3)15-17(31)2)29-23(16)22-13-20-19(5-4-6-21(20)33-22)24(32)28-18-7-8-18;;;/h4-6,13-14,17-18H,7-12,15H2,1-3H3,(H,28,32)(H,26,27,29);3*1H/t17-;;;/m1.../s1. The Kier molecular flexibility index (Phi) is 11.2. The normalized spacial score (nSPS) is 18.0. The van der Waals surface area contributed by atoms with Gasteiger partial charge in [0.25, 0.3) is 5.91 Å². The molecule has 1 saturated carbocycles. The number of halogens is 3. The molecule has 1 aliphatic carbocycles. The van der Waals surface area contributed by atoms with E-state index in [4.69, 9.17) is 4.98 Å². The van der Waals surface area contributed by atoms with E-state index in [1.165, 1.54) is 0 Å². The van der Waals surface area contributed by atoms with Gasteiger partial charge in [0.2, 0.25) is 5.95 Å². The van der Waals surface area contributed by atoms with Gasteiger partial charge in [0, 0.05) is 66.7 Å². The molecule has 1 aromatic carbocycles. The van der Waals surface area contributed by atoms with Crippen molar-refractivity contribution in [2.45, 2.75) is 38.8 Å². The molecule has 11 heteroatoms. The fourth-order valence-electron chi connectivity index (χ4n) is 4.46. The summed E-state index contributed by atoms with van der Waals surface area (Å²) >= 11 is 1.68. The number of nitrogens with zero attached hydrogens (tertiary/aromatic N) is 4. The largest absolute Gasteiger partial charge is 0.353 e. The Morgan fingerprint density at radius 2 is 1.97 bits per heavy atom. The fourth-order valence-corrected chi connectivity index (χ4v) is 5.61. The molecule has 1 amide bonds. The highest BCUT2D eigenvalue weighted by Crippen LogP contribution is 2.36. The summed E-state index contributed by atoms with van der Waals surface area (Å²) in [5, 5.41) is 7.52. The third-order valence-corrected chi connectivity index (χ3v) is 7.68. The van der Waals surface area contributed by atoms with Crippen LogP contribution >= 0.6 is 48.6 Å². The van der Waals surface area contributed by atoms with Gasteiger partial charge >= 0.3 is 0 Å². The third-order valence-electron chi connectivity index (χ3n) is 6.57. The van der Waals surface area contributed by atoms with Crippen molar-refractivity contribution in [1.82, 2.24) is 25.1 Å². The van der Waals surface area contributed by atoms with Crippen molar-refractivity contribution in [3.63, 3.8) is 0 Å². The van der Waals surface area contributed by atoms with Crippen LogP contribution in [0, 0.1) is 6.92 Å². The van der Waals surface area contributed by atoms with Crippen LogP contribution in [0.4, 0.5) is 5.95 Å². The first-order valence-corrected chi connectivity index (χ1v) is 12.6. The van der Waals surface area contributed by atoms with Gasteiger partial charge in [-0.15, -0.1) is 48.6 Å². The molecule has 3 aromatic rings. The Hall–Kier alpha value is -1.68. The van der Waals surface area contributed by atoms with Crippen LogP contribution in [0.15, 0.2) is 30.5 Å². The number of nitrogens with one attached hydrogen (secondary N) is 2. The Morgan fingerprint density at radius 3 is 2.69 bits per heavy atom. The number of piperazine rings is 1. The SMILES string of the molecule is Cc1cnc(NCCN2CCN(C)C[C@H]2C)nc1-c1cc2c(C(=O)NC3CC3)cccc2s1.Cl.Cl.Cl. The van der Waals surface area contributed by atoms with E-state index in [1.54, 1.807) is 11.3 Å². The number of anilines is 1. The van der Waals surface area contributed by atoms with Crippen molar-refractivity contribution >= 4 is 70.5 Å². The lowest BCUT2D eigenvalue weighted by Crippen LogP contribution is -2.51. The summed E-state index contributed by atoms with van der Waals surface area (Å²) in [7, 11) is 2.18. The van der Waals surface area contributed by atoms with Crippen LogP contribution < -0.4 is 10.6 Å². The maximum absolute atomic E-state index is 12.7. The summed E-state index contributed by atoms with van der Waals surface area (Å²) in [5.74, 6) is 0.675. The lowest BCUT2D eigenvalue weighted by atomic mass is 10.1. The van der Waals surface area contributed by atoms with Gasteiger partial charge in [-0.05, 0) is 57.5 Å². The van der Waals surface area contributed by atoms with Gasteiger partial charge in [-0.3, -0.25) is 9.69 Å². The zero-order chi connectivity index (χ0) is 22.9. The number of thiophene rings is 1. The molecule has 0 spiro atoms. The quantitative estimate of drug-likeness (QED) is 0.420. The Labute approximate surface area is 235 Å². The molecule has 5 rings (SSSR count). The topological polar surface area (TPSA) is 73.4 Å². The van der Waals surface area contributed by atoms with E-state index in [9.17, 15) is 4.79 Å². The second-order valence-corrected chi connectivity index (χ2v) is 10.5. The molecule has 198 valence electrons. The van der Waals surface area contributed by atoms with Crippen molar-refractivity contribution in [1.29, 1.82) is 0 Å². The number of amides is 1. The lowest BCUT2D eigenvalue weighted by molar-refractivity contribution is 0.0952. The summed E-state index contributed by atoms with van der Waals surface area (Å²) in [6.45, 7) is 9.43. The van der Waals surface area contributed by atoms with E-state index < -0.39 is 0 Å². The van der Waals surface area contributed by atoms with Gasteiger partial charge in [0.05, 0.1) is 10.6 Å². The van der Waals surface area contributed by atoms with Crippen LogP contribution in [-0.4, -0.2) is 77.5 Å². The summed E-state index contributed by atoms with van der Waals surface area (Å²) in [6.07, 6.45) is 4.05. The molecule has 2 fully saturated rings. The van der Waals surface area contributed by atoms with Gasteiger partial charge in [0.1, 0.15) is 0 Å². The molecule has 2 aliphatic rings. The highest BCUT2D eigenvalue weighted by atomic mass is 35.5. The Bertz CT molecular complexity index is 1170. The first-order valence-electron chi connectivity index (χ1n) is 11.8. The van der Waals surface area contributed by atoms with Crippen LogP contribution in [0.25, 0.3) is 20.7 Å². The van der Waals surface area contributed by atoms with Crippen molar-refractivity contribution in [3.8, 4) is 10.6 Å². The number of fused-ring (bicyclic) bond motifs is 1. The van der Waals surface area contributed by atoms with Gasteiger partial charge in [-0.1, -0.05) is 6.07 Å². The van der Waals surface area contributed by atoms with Crippen molar-refractivity contribution in [2.75, 3.05) is 45.1 Å². The average Bonchev–Trinajstić information content (AvgIpc) is 3.50. The van der Waals surface area contributed by atoms with Crippen LogP contribution in [0.5, 0.6) is 0 Å². The predicted octanol–water partition coefficient (Wildman–Crippen LogP) is 4.87. The van der Waals surface area contributed by atoms with E-state index in [1.807, 2.05) is 25.3 Å². The average molecular weight is 574 g/mol. The smallest absolute Gasteiger partial charge is 0.252 e. The lowest BCUT2D eigenvalue weighted by Gasteiger charge is -2.38. The van der Waals surface area contributed by atoms with E-state index in [0.717, 1.165) is 77.3 Å². The van der Waals surface area contributed by atoms with Gasteiger partial charge < -0.3 is 15.5 Å². The minimum absolute atomic E-state index is 0. The number of aromatic nitrogens is 2. The second kappa shape index (κ2) is 13.2. The number of carbonyl (C=O) groups excluding carboxylic acids is 1. The molecule has 3 heterocycles. The van der Waals surface area contributed by atoms with Crippen molar-refractivity contribution in [3.05, 3.63) is 41.6 Å². The number of benzene rings is 1. The van der Waals surface area contributed by atoms with Gasteiger partial charge in [-0.2, -0.15) is 0 Å². The second-order valence-electron chi connectivity index (χ2n) is 9.38. The molecule has 1 saturated heterocycles. The molecule has 2 N–H and O–H groups in total. The monoisotopic (exact) mass is 572 g/mol. The molecule has 1 atom stereocenters. The maximum Gasteiger partial charge on any atom is 0.252 e. The van der Waals surface area contributed by atoms with Crippen LogP contribution in [0.2, 0.25) is 0 Å². The third kappa shape index (κ3) is 7.00. The molecule has 7 nitrogen and oxygen atoms in total. The number of aryl methyl sites for hydroxylation is 1. The van der Waals surface area contributed by atoms with Crippen LogP contribution in [0.3, 0.4) is 0 Å². The van der Waals surface area contributed by atoms with Crippen LogP contribution in [0.1, 0.15) is 35.7 Å². The number of hydrogen-bond acceptors (Lipinski definition) is 7. The van der Waals surface area contributed by atoms with E-state index >= 15 is 0 Å². The maximum atomic E-state index is 12.7. The number of likely N-dealkylation sites (N-methyl/N-ethyl adjacent to an activating group) is 1. The highest BCUT2D eigenvalue weighted by Gasteiger charge is 2.25. The van der Waals surface area contributed by atoms with Crippen LogP contribution in [-0.2, 0) is 0 Å². The summed E-state index contributed by atoms with van der Waals surface area (Å²) in [4.78, 5) is 28.0. The molecule has 0 radical (unpaired) electrons. The minimum atomic E-state index is 0. The number of hydrogen-bond donors (Lipinski definition) is 2. The summed E-state index contributed by atoms with van der Waals surface area (Å²) in [5.41, 5.74) is 2.70. The first kappa shape index (κ1) is 30.5. The molecule has 1 aliphatic heterocycles. The Balaban J connectivity index is 0.00000152. The number of rotatable bonds is 7. The predicted molar refractivity (Wildman–Crippen MR) is 157 cm³/mol. The summed E-state index contributed by atoms with van der Waals surface area (Å²) in [6, 6.07) is 8.96. The molecule has 0 unspecified atom stereocenters. The molecular formula is C25H35Cl3N6OS. The summed E-state index contributed by atoms with van der Waals surface area (Å²) < 4.78 is 1.10. The highest BCUT2D eigenvalue weighted by molar-refractivity contribution is 7.22. The zero-order valence-electron chi connectivity index (χ0n) is 20.8. The van der Waals surface area contributed by atoms with E-state index in [-0.39, 0.29) is 43.1 Å². The van der Waals surface area contributed by atoms with Crippen molar-refractivity contribution in [2.24, 2.45) is 0 Å². The molecule has 36 heavy (non-hydrogen) atoms. The van der Waals surface area contributed by atoms with E-state index in [0.29, 0.717) is 18.0 Å².